The fourth-order valence-corrected chi connectivity index (χ4v) is 2.65. The average molecular weight is 359 g/mol. The molecule has 4 aromatic rings. The van der Waals surface area contributed by atoms with Gasteiger partial charge in [-0.3, -0.25) is 4.98 Å². The zero-order chi connectivity index (χ0) is 18.5. The van der Waals surface area contributed by atoms with Gasteiger partial charge in [0.2, 0.25) is 0 Å². The highest BCUT2D eigenvalue weighted by molar-refractivity contribution is 5.60. The second-order valence-electron chi connectivity index (χ2n) is 5.90. The van der Waals surface area contributed by atoms with Crippen molar-refractivity contribution in [1.29, 1.82) is 0 Å². The number of hydrogen-bond donors (Lipinski definition) is 0. The molecule has 0 saturated heterocycles. The predicted molar refractivity (Wildman–Crippen MR) is 98.9 cm³/mol. The van der Waals surface area contributed by atoms with Crippen LogP contribution in [-0.2, 0) is 18.1 Å². The molecule has 7 nitrogen and oxygen atoms in total. The molecule has 0 aliphatic heterocycles. The Hall–Kier alpha value is -3.58. The SMILES string of the molecule is [O-][n+]1ccc(-c2nc(-c3ccncc3)nn2COCc2ccccc2)cc1. The number of hydrogen-bond acceptors (Lipinski definition) is 5. The van der Waals surface area contributed by atoms with Crippen LogP contribution in [0.25, 0.3) is 22.8 Å². The van der Waals surface area contributed by atoms with Crippen LogP contribution < -0.4 is 4.73 Å². The summed E-state index contributed by atoms with van der Waals surface area (Å²) in [6.07, 6.45) is 6.27. The third-order valence-corrected chi connectivity index (χ3v) is 4.00. The normalized spacial score (nSPS) is 10.8. The van der Waals surface area contributed by atoms with Gasteiger partial charge in [0.1, 0.15) is 6.73 Å². The zero-order valence-electron chi connectivity index (χ0n) is 14.5. The topological polar surface area (TPSA) is 79.8 Å². The van der Waals surface area contributed by atoms with Gasteiger partial charge in [-0.1, -0.05) is 30.3 Å². The summed E-state index contributed by atoms with van der Waals surface area (Å²) in [6.45, 7) is 0.717. The Morgan fingerprint density at radius 1 is 0.926 bits per heavy atom. The molecular weight excluding hydrogens is 342 g/mol. The predicted octanol–water partition coefficient (Wildman–Crippen LogP) is 2.81. The molecular formula is C20H17N5O2. The van der Waals surface area contributed by atoms with E-state index in [1.807, 2.05) is 42.5 Å². The molecule has 3 heterocycles. The van der Waals surface area contributed by atoms with Crippen LogP contribution in [0.3, 0.4) is 0 Å². The van der Waals surface area contributed by atoms with Gasteiger partial charge in [-0.15, -0.1) is 5.10 Å². The number of aromatic nitrogens is 5. The Kier molecular flexibility index (Phi) is 4.84. The lowest BCUT2D eigenvalue weighted by Gasteiger charge is -2.07. The van der Waals surface area contributed by atoms with Crippen LogP contribution in [0.2, 0.25) is 0 Å². The molecule has 0 atom stereocenters. The Balaban J connectivity index is 1.61. The lowest BCUT2D eigenvalue weighted by molar-refractivity contribution is -0.605. The lowest BCUT2D eigenvalue weighted by Crippen LogP contribution is -2.23. The first-order valence-electron chi connectivity index (χ1n) is 8.46. The summed E-state index contributed by atoms with van der Waals surface area (Å²) in [5, 5.41) is 15.9. The van der Waals surface area contributed by atoms with Gasteiger partial charge in [0.25, 0.3) is 0 Å². The molecule has 27 heavy (non-hydrogen) atoms. The van der Waals surface area contributed by atoms with E-state index in [1.54, 1.807) is 29.2 Å². The van der Waals surface area contributed by atoms with Crippen LogP contribution in [0, 0.1) is 5.21 Å². The first kappa shape index (κ1) is 16.9. The maximum absolute atomic E-state index is 11.3. The van der Waals surface area contributed by atoms with Gasteiger partial charge in [0.05, 0.1) is 6.61 Å². The third kappa shape index (κ3) is 3.99. The van der Waals surface area contributed by atoms with Gasteiger partial charge in [-0.25, -0.2) is 9.67 Å². The van der Waals surface area contributed by atoms with E-state index < -0.39 is 0 Å². The molecule has 4 rings (SSSR count). The van der Waals surface area contributed by atoms with Crippen LogP contribution in [0.15, 0.2) is 79.4 Å². The maximum Gasteiger partial charge on any atom is 0.181 e. The first-order chi connectivity index (χ1) is 13.3. The van der Waals surface area contributed by atoms with Gasteiger partial charge in [0.15, 0.2) is 24.0 Å². The van der Waals surface area contributed by atoms with E-state index in [0.717, 1.165) is 21.4 Å². The molecule has 0 aliphatic rings. The second kappa shape index (κ2) is 7.76. The van der Waals surface area contributed by atoms with E-state index >= 15 is 0 Å². The Morgan fingerprint density at radius 3 is 2.41 bits per heavy atom. The van der Waals surface area contributed by atoms with Crippen molar-refractivity contribution in [2.24, 2.45) is 0 Å². The minimum Gasteiger partial charge on any atom is -0.619 e. The molecule has 7 heteroatoms. The average Bonchev–Trinajstić information content (AvgIpc) is 3.14. The standard InChI is InChI=1S/C20H17N5O2/c26-24-12-8-18(9-13-24)20-22-19(17-6-10-21-11-7-17)23-25(20)15-27-14-16-4-2-1-3-5-16/h1-13H,14-15H2. The van der Waals surface area contributed by atoms with Crippen molar-refractivity contribution in [3.8, 4) is 22.8 Å². The van der Waals surface area contributed by atoms with Gasteiger partial charge in [0, 0.05) is 35.7 Å². The van der Waals surface area contributed by atoms with Crippen LogP contribution in [0.1, 0.15) is 5.56 Å². The molecule has 3 aromatic heterocycles. The van der Waals surface area contributed by atoms with Gasteiger partial charge < -0.3 is 9.94 Å². The lowest BCUT2D eigenvalue weighted by atomic mass is 10.2. The summed E-state index contributed by atoms with van der Waals surface area (Å²) >= 11 is 0. The summed E-state index contributed by atoms with van der Waals surface area (Å²) in [6, 6.07) is 17.1. The number of rotatable bonds is 6. The molecule has 0 spiro atoms. The van der Waals surface area contributed by atoms with E-state index in [9.17, 15) is 5.21 Å². The third-order valence-electron chi connectivity index (χ3n) is 4.00. The zero-order valence-corrected chi connectivity index (χ0v) is 14.5. The number of nitrogens with zero attached hydrogens (tertiary/aromatic N) is 5. The van der Waals surface area contributed by atoms with Crippen molar-refractivity contribution in [2.45, 2.75) is 13.3 Å². The van der Waals surface area contributed by atoms with Crippen molar-refractivity contribution in [3.63, 3.8) is 0 Å². The minimum absolute atomic E-state index is 0.245. The Bertz CT molecular complexity index is 1000. The summed E-state index contributed by atoms with van der Waals surface area (Å²) in [5.41, 5.74) is 2.74. The van der Waals surface area contributed by atoms with Crippen molar-refractivity contribution in [3.05, 3.63) is 90.2 Å². The largest absolute Gasteiger partial charge is 0.619 e. The molecule has 0 amide bonds. The maximum atomic E-state index is 11.3. The minimum atomic E-state index is 0.245. The molecule has 0 fully saturated rings. The molecule has 0 radical (unpaired) electrons. The number of benzene rings is 1. The van der Waals surface area contributed by atoms with Crippen LogP contribution in [0.4, 0.5) is 0 Å². The van der Waals surface area contributed by atoms with Crippen LogP contribution in [0.5, 0.6) is 0 Å². The van der Waals surface area contributed by atoms with Gasteiger partial charge in [-0.2, -0.15) is 4.73 Å². The van der Waals surface area contributed by atoms with Crippen molar-refractivity contribution >= 4 is 0 Å². The van der Waals surface area contributed by atoms with Gasteiger partial charge in [-0.05, 0) is 17.7 Å². The quantitative estimate of drug-likeness (QED) is 0.391. The Labute approximate surface area is 156 Å². The summed E-state index contributed by atoms with van der Waals surface area (Å²) in [4.78, 5) is 8.67. The molecule has 0 aliphatic carbocycles. The molecule has 0 N–H and O–H groups in total. The van der Waals surface area contributed by atoms with E-state index in [1.165, 1.54) is 12.4 Å². The van der Waals surface area contributed by atoms with Gasteiger partial charge >= 0.3 is 0 Å². The molecule has 0 bridgehead atoms. The molecule has 134 valence electrons. The first-order valence-corrected chi connectivity index (χ1v) is 8.46. The highest BCUT2D eigenvalue weighted by Gasteiger charge is 2.14. The summed E-state index contributed by atoms with van der Waals surface area (Å²) in [7, 11) is 0. The monoisotopic (exact) mass is 359 g/mol. The highest BCUT2D eigenvalue weighted by Crippen LogP contribution is 2.21. The number of pyridine rings is 2. The fraction of sp³-hybridized carbons (Fsp3) is 0.100. The van der Waals surface area contributed by atoms with Crippen LogP contribution in [-0.4, -0.2) is 19.7 Å². The van der Waals surface area contributed by atoms with E-state index in [-0.39, 0.29) is 6.73 Å². The van der Waals surface area contributed by atoms with E-state index in [0.29, 0.717) is 18.3 Å². The summed E-state index contributed by atoms with van der Waals surface area (Å²) < 4.78 is 8.26. The van der Waals surface area contributed by atoms with Crippen molar-refractivity contribution < 1.29 is 9.47 Å². The highest BCUT2D eigenvalue weighted by atomic mass is 16.5. The number of ether oxygens (including phenoxy) is 1. The molecule has 0 unspecified atom stereocenters. The molecule has 1 aromatic carbocycles. The van der Waals surface area contributed by atoms with Crippen LogP contribution >= 0.6 is 0 Å². The van der Waals surface area contributed by atoms with Crippen molar-refractivity contribution in [1.82, 2.24) is 19.7 Å². The Morgan fingerprint density at radius 2 is 1.67 bits per heavy atom. The smallest absolute Gasteiger partial charge is 0.181 e. The summed E-state index contributed by atoms with van der Waals surface area (Å²) in [5.74, 6) is 1.21. The van der Waals surface area contributed by atoms with Crippen molar-refractivity contribution in [2.75, 3.05) is 0 Å². The molecule has 0 saturated carbocycles. The van der Waals surface area contributed by atoms with E-state index in [4.69, 9.17) is 4.74 Å². The van der Waals surface area contributed by atoms with E-state index in [2.05, 4.69) is 15.1 Å². The second-order valence-corrected chi connectivity index (χ2v) is 5.90. The fourth-order valence-electron chi connectivity index (χ4n) is 2.65.